The largest absolute Gasteiger partial charge is 0.379 e. The van der Waals surface area contributed by atoms with Crippen LogP contribution in [-0.2, 0) is 9.47 Å². The SMILES string of the molecule is CCCCCC(OC)C(C)OCC. The van der Waals surface area contributed by atoms with Gasteiger partial charge in [-0.15, -0.1) is 0 Å². The molecule has 0 heterocycles. The van der Waals surface area contributed by atoms with E-state index < -0.39 is 0 Å². The van der Waals surface area contributed by atoms with Gasteiger partial charge in [-0.1, -0.05) is 26.2 Å². The lowest BCUT2D eigenvalue weighted by Gasteiger charge is -2.22. The quantitative estimate of drug-likeness (QED) is 0.545. The smallest absolute Gasteiger partial charge is 0.0830 e. The van der Waals surface area contributed by atoms with Crippen LogP contribution in [0.5, 0.6) is 0 Å². The van der Waals surface area contributed by atoms with Crippen LogP contribution in [0.1, 0.15) is 46.5 Å². The fourth-order valence-corrected chi connectivity index (χ4v) is 1.51. The van der Waals surface area contributed by atoms with Gasteiger partial charge in [-0.25, -0.2) is 0 Å². The molecule has 13 heavy (non-hydrogen) atoms. The monoisotopic (exact) mass is 188 g/mol. The molecular formula is C11H24O2. The van der Waals surface area contributed by atoms with Gasteiger partial charge in [0.25, 0.3) is 0 Å². The number of hydrogen-bond acceptors (Lipinski definition) is 2. The maximum Gasteiger partial charge on any atom is 0.0830 e. The molecule has 0 spiro atoms. The highest BCUT2D eigenvalue weighted by Crippen LogP contribution is 2.11. The summed E-state index contributed by atoms with van der Waals surface area (Å²) < 4.78 is 10.9. The van der Waals surface area contributed by atoms with E-state index in [1.165, 1.54) is 19.3 Å². The van der Waals surface area contributed by atoms with Crippen LogP contribution in [0.15, 0.2) is 0 Å². The maximum absolute atomic E-state index is 5.50. The lowest BCUT2D eigenvalue weighted by Crippen LogP contribution is -2.28. The lowest BCUT2D eigenvalue weighted by molar-refractivity contribution is -0.0470. The van der Waals surface area contributed by atoms with E-state index in [1.807, 2.05) is 6.92 Å². The van der Waals surface area contributed by atoms with Crippen LogP contribution < -0.4 is 0 Å². The normalized spacial score (nSPS) is 15.7. The van der Waals surface area contributed by atoms with E-state index >= 15 is 0 Å². The van der Waals surface area contributed by atoms with Crippen molar-refractivity contribution in [1.82, 2.24) is 0 Å². The van der Waals surface area contributed by atoms with Gasteiger partial charge in [0.2, 0.25) is 0 Å². The Balaban J connectivity index is 3.60. The molecule has 0 bridgehead atoms. The molecule has 2 atom stereocenters. The van der Waals surface area contributed by atoms with Gasteiger partial charge in [0.15, 0.2) is 0 Å². The maximum atomic E-state index is 5.50. The average Bonchev–Trinajstić information content (AvgIpc) is 2.13. The van der Waals surface area contributed by atoms with Crippen molar-refractivity contribution in [3.05, 3.63) is 0 Å². The molecule has 2 heteroatoms. The molecule has 2 nitrogen and oxygen atoms in total. The predicted molar refractivity (Wildman–Crippen MR) is 56.0 cm³/mol. The highest BCUT2D eigenvalue weighted by atomic mass is 16.5. The molecule has 2 unspecified atom stereocenters. The van der Waals surface area contributed by atoms with Crippen molar-refractivity contribution in [3.63, 3.8) is 0 Å². The third kappa shape index (κ3) is 6.05. The Kier molecular flexibility index (Phi) is 8.46. The average molecular weight is 188 g/mol. The van der Waals surface area contributed by atoms with Crippen LogP contribution >= 0.6 is 0 Å². The van der Waals surface area contributed by atoms with Crippen molar-refractivity contribution in [2.45, 2.75) is 58.7 Å². The first kappa shape index (κ1) is 12.9. The molecular weight excluding hydrogens is 164 g/mol. The minimum absolute atomic E-state index is 0.229. The molecule has 0 aliphatic carbocycles. The molecule has 0 aliphatic rings. The van der Waals surface area contributed by atoms with Gasteiger partial charge in [0, 0.05) is 13.7 Å². The van der Waals surface area contributed by atoms with Crippen molar-refractivity contribution in [2.24, 2.45) is 0 Å². The summed E-state index contributed by atoms with van der Waals surface area (Å²) in [7, 11) is 1.77. The Morgan fingerprint density at radius 2 is 1.85 bits per heavy atom. The van der Waals surface area contributed by atoms with Crippen LogP contribution in [0.3, 0.4) is 0 Å². The molecule has 0 aromatic rings. The third-order valence-corrected chi connectivity index (χ3v) is 2.35. The van der Waals surface area contributed by atoms with Gasteiger partial charge in [-0.05, 0) is 20.3 Å². The Bertz CT molecular complexity index is 104. The van der Waals surface area contributed by atoms with Crippen molar-refractivity contribution in [3.8, 4) is 0 Å². The molecule has 0 amide bonds. The number of unbranched alkanes of at least 4 members (excludes halogenated alkanes) is 2. The summed E-state index contributed by atoms with van der Waals surface area (Å²) in [5.74, 6) is 0. The molecule has 0 aliphatic heterocycles. The van der Waals surface area contributed by atoms with Crippen molar-refractivity contribution in [2.75, 3.05) is 13.7 Å². The van der Waals surface area contributed by atoms with E-state index in [0.29, 0.717) is 0 Å². The number of rotatable bonds is 8. The Labute approximate surface area is 82.6 Å². The van der Waals surface area contributed by atoms with Gasteiger partial charge in [0.1, 0.15) is 0 Å². The first-order valence-corrected chi connectivity index (χ1v) is 5.40. The zero-order valence-electron chi connectivity index (χ0n) is 9.51. The van der Waals surface area contributed by atoms with Crippen molar-refractivity contribution < 1.29 is 9.47 Å². The number of methoxy groups -OCH3 is 1. The molecule has 0 rings (SSSR count). The summed E-state index contributed by atoms with van der Waals surface area (Å²) >= 11 is 0. The van der Waals surface area contributed by atoms with Gasteiger partial charge in [-0.2, -0.15) is 0 Å². The summed E-state index contributed by atoms with van der Waals surface area (Å²) in [6.45, 7) is 7.10. The second-order valence-corrected chi connectivity index (χ2v) is 3.43. The molecule has 0 fully saturated rings. The van der Waals surface area contributed by atoms with Gasteiger partial charge in [0.05, 0.1) is 12.2 Å². The van der Waals surface area contributed by atoms with E-state index in [-0.39, 0.29) is 12.2 Å². The standard InChI is InChI=1S/C11H24O2/c1-5-7-8-9-11(12-4)10(3)13-6-2/h10-11H,5-9H2,1-4H3. The van der Waals surface area contributed by atoms with Crippen LogP contribution in [0, 0.1) is 0 Å². The highest BCUT2D eigenvalue weighted by Gasteiger charge is 2.15. The van der Waals surface area contributed by atoms with Gasteiger partial charge >= 0.3 is 0 Å². The molecule has 0 saturated carbocycles. The first-order chi connectivity index (χ1) is 6.26. The van der Waals surface area contributed by atoms with Crippen LogP contribution in [0.25, 0.3) is 0 Å². The second kappa shape index (κ2) is 8.52. The zero-order chi connectivity index (χ0) is 10.1. The van der Waals surface area contributed by atoms with E-state index in [9.17, 15) is 0 Å². The predicted octanol–water partition coefficient (Wildman–Crippen LogP) is 3.01. The Morgan fingerprint density at radius 1 is 1.15 bits per heavy atom. The van der Waals surface area contributed by atoms with Crippen LogP contribution in [0.4, 0.5) is 0 Å². The molecule has 80 valence electrons. The van der Waals surface area contributed by atoms with Crippen LogP contribution in [-0.4, -0.2) is 25.9 Å². The lowest BCUT2D eigenvalue weighted by atomic mass is 10.1. The zero-order valence-corrected chi connectivity index (χ0v) is 9.51. The van der Waals surface area contributed by atoms with Gasteiger partial charge < -0.3 is 9.47 Å². The minimum Gasteiger partial charge on any atom is -0.379 e. The molecule has 0 aromatic heterocycles. The molecule has 0 radical (unpaired) electrons. The minimum atomic E-state index is 0.229. The van der Waals surface area contributed by atoms with Gasteiger partial charge in [-0.3, -0.25) is 0 Å². The molecule has 0 N–H and O–H groups in total. The topological polar surface area (TPSA) is 18.5 Å². The summed E-state index contributed by atoms with van der Waals surface area (Å²) in [5, 5.41) is 0. The van der Waals surface area contributed by atoms with E-state index in [0.717, 1.165) is 13.0 Å². The second-order valence-electron chi connectivity index (χ2n) is 3.43. The summed E-state index contributed by atoms with van der Waals surface area (Å²) in [4.78, 5) is 0. The van der Waals surface area contributed by atoms with E-state index in [2.05, 4.69) is 13.8 Å². The Hall–Kier alpha value is -0.0800. The van der Waals surface area contributed by atoms with Crippen molar-refractivity contribution >= 4 is 0 Å². The number of ether oxygens (including phenoxy) is 2. The summed E-state index contributed by atoms with van der Waals surface area (Å²) in [6.07, 6.45) is 5.41. The first-order valence-electron chi connectivity index (χ1n) is 5.40. The fraction of sp³-hybridized carbons (Fsp3) is 1.00. The van der Waals surface area contributed by atoms with E-state index in [4.69, 9.17) is 9.47 Å². The summed E-state index contributed by atoms with van der Waals surface area (Å²) in [5.41, 5.74) is 0. The molecule has 0 saturated heterocycles. The van der Waals surface area contributed by atoms with Crippen LogP contribution in [0.2, 0.25) is 0 Å². The Morgan fingerprint density at radius 3 is 2.31 bits per heavy atom. The van der Waals surface area contributed by atoms with Crippen molar-refractivity contribution in [1.29, 1.82) is 0 Å². The number of hydrogen-bond donors (Lipinski definition) is 0. The van der Waals surface area contributed by atoms with E-state index in [1.54, 1.807) is 7.11 Å². The third-order valence-electron chi connectivity index (χ3n) is 2.35. The highest BCUT2D eigenvalue weighted by molar-refractivity contribution is 4.65. The summed E-state index contributed by atoms with van der Waals surface area (Å²) in [6, 6.07) is 0. The fourth-order valence-electron chi connectivity index (χ4n) is 1.51. The molecule has 0 aromatic carbocycles.